The minimum Gasteiger partial charge on any atom is -0.372 e. The summed E-state index contributed by atoms with van der Waals surface area (Å²) in [4.78, 5) is 51.4. The molecule has 5 rings (SSSR count). The number of rotatable bonds is 1. The smallest absolute Gasteiger partial charge is 0.358 e. The minimum absolute atomic E-state index is 0.0792. The van der Waals surface area contributed by atoms with Gasteiger partial charge in [0.05, 0.1) is 30.1 Å². The van der Waals surface area contributed by atoms with E-state index < -0.39 is 41.0 Å². The fourth-order valence-electron chi connectivity index (χ4n) is 5.00. The number of benzene rings is 1. The molecule has 3 aliphatic heterocycles. The van der Waals surface area contributed by atoms with Gasteiger partial charge < -0.3 is 14.2 Å². The van der Waals surface area contributed by atoms with Gasteiger partial charge in [-0.1, -0.05) is 0 Å². The Balaban J connectivity index is 1.68. The van der Waals surface area contributed by atoms with E-state index in [-0.39, 0.29) is 12.5 Å². The van der Waals surface area contributed by atoms with Crippen molar-refractivity contribution >= 4 is 23.5 Å². The second-order valence-electron chi connectivity index (χ2n) is 8.00. The zero-order valence-corrected chi connectivity index (χ0v) is 16.4. The highest BCUT2D eigenvalue weighted by Gasteiger charge is 2.62. The molecule has 0 unspecified atom stereocenters. The zero-order chi connectivity index (χ0) is 21.2. The number of nitrogens with one attached hydrogen (secondary N) is 2. The van der Waals surface area contributed by atoms with Gasteiger partial charge in [-0.2, -0.15) is 4.74 Å². The van der Waals surface area contributed by atoms with Crippen molar-refractivity contribution < 1.29 is 23.6 Å². The predicted octanol–water partition coefficient (Wildman–Crippen LogP) is 0.321. The molecule has 1 aromatic carbocycles. The number of fused-ring (bicyclic) bond motifs is 4. The van der Waals surface area contributed by atoms with E-state index in [4.69, 9.17) is 9.26 Å². The SMILES string of the molecule is C[C@@H]1CN2c3ccc(-n4ccc(=O)o4)cc3CC3(C(=O)NC(=O)NC3=O)[C@H]2[C@H](C)O1. The third-order valence-electron chi connectivity index (χ3n) is 6.08. The molecule has 0 bridgehead atoms. The van der Waals surface area contributed by atoms with Crippen LogP contribution in [0.25, 0.3) is 5.69 Å². The van der Waals surface area contributed by atoms with Crippen LogP contribution >= 0.6 is 0 Å². The molecule has 4 amide bonds. The van der Waals surface area contributed by atoms with Gasteiger partial charge in [-0.05, 0) is 44.0 Å². The van der Waals surface area contributed by atoms with E-state index in [1.54, 1.807) is 6.07 Å². The first kappa shape index (κ1) is 18.6. The van der Waals surface area contributed by atoms with Crippen LogP contribution < -0.4 is 21.2 Å². The Labute approximate surface area is 170 Å². The van der Waals surface area contributed by atoms with Crippen molar-refractivity contribution in [2.45, 2.75) is 38.5 Å². The molecule has 10 nitrogen and oxygen atoms in total. The normalized spacial score (nSPS) is 27.3. The first-order valence-corrected chi connectivity index (χ1v) is 9.71. The summed E-state index contributed by atoms with van der Waals surface area (Å²) < 4.78 is 12.4. The van der Waals surface area contributed by atoms with Crippen LogP contribution in [0.5, 0.6) is 0 Å². The Morgan fingerprint density at radius 1 is 1.07 bits per heavy atom. The maximum atomic E-state index is 13.1. The van der Waals surface area contributed by atoms with Crippen molar-refractivity contribution in [1.29, 1.82) is 0 Å². The average Bonchev–Trinajstić information content (AvgIpc) is 3.11. The van der Waals surface area contributed by atoms with Crippen molar-refractivity contribution in [3.8, 4) is 5.69 Å². The maximum absolute atomic E-state index is 13.1. The average molecular weight is 412 g/mol. The van der Waals surface area contributed by atoms with Gasteiger partial charge in [0.1, 0.15) is 0 Å². The fourth-order valence-corrected chi connectivity index (χ4v) is 5.00. The Morgan fingerprint density at radius 2 is 1.80 bits per heavy atom. The van der Waals surface area contributed by atoms with Gasteiger partial charge in [-0.3, -0.25) is 20.2 Å². The summed E-state index contributed by atoms with van der Waals surface area (Å²) in [6.45, 7) is 4.25. The van der Waals surface area contributed by atoms with Crippen LogP contribution in [0, 0.1) is 5.41 Å². The van der Waals surface area contributed by atoms with Crippen LogP contribution in [-0.4, -0.2) is 47.4 Å². The second kappa shape index (κ2) is 6.30. The lowest BCUT2D eigenvalue weighted by atomic mass is 9.66. The second-order valence-corrected chi connectivity index (χ2v) is 8.00. The van der Waals surface area contributed by atoms with Gasteiger partial charge in [-0.25, -0.2) is 9.59 Å². The lowest BCUT2D eigenvalue weighted by molar-refractivity contribution is -0.153. The van der Waals surface area contributed by atoms with Gasteiger partial charge in [0, 0.05) is 18.3 Å². The van der Waals surface area contributed by atoms with Crippen molar-refractivity contribution in [1.82, 2.24) is 15.4 Å². The molecule has 0 aliphatic carbocycles. The number of barbiturate groups is 1. The van der Waals surface area contributed by atoms with Gasteiger partial charge in [0.2, 0.25) is 11.8 Å². The molecule has 2 N–H and O–H groups in total. The largest absolute Gasteiger partial charge is 0.372 e. The third-order valence-corrected chi connectivity index (χ3v) is 6.08. The number of anilines is 1. The number of amides is 4. The summed E-state index contributed by atoms with van der Waals surface area (Å²) in [5, 5.41) is 4.52. The number of morpholine rings is 1. The monoisotopic (exact) mass is 412 g/mol. The van der Waals surface area contributed by atoms with E-state index in [9.17, 15) is 19.2 Å². The van der Waals surface area contributed by atoms with Crippen LogP contribution in [-0.2, 0) is 20.7 Å². The van der Waals surface area contributed by atoms with Crippen molar-refractivity contribution in [3.05, 3.63) is 46.4 Å². The standard InChI is InChI=1S/C20H20N4O6/c1-10-9-23-14-4-3-13(24-6-5-15(25)30-24)7-12(14)8-20(16(23)11(2)29-10)17(26)21-19(28)22-18(20)27/h3-7,10-11,16H,8-9H2,1-2H3,(H2,21,22,26,27,28)/t10-,11+,16-/m1/s1. The van der Waals surface area contributed by atoms with Crippen LogP contribution in [0.15, 0.2) is 39.8 Å². The Hall–Kier alpha value is -3.40. The molecule has 3 atom stereocenters. The van der Waals surface area contributed by atoms with Gasteiger partial charge in [-0.15, -0.1) is 0 Å². The molecule has 0 saturated carbocycles. The Bertz CT molecular complexity index is 1110. The van der Waals surface area contributed by atoms with E-state index >= 15 is 0 Å². The van der Waals surface area contributed by atoms with E-state index in [1.165, 1.54) is 17.0 Å². The van der Waals surface area contributed by atoms with Crippen molar-refractivity contribution in [3.63, 3.8) is 0 Å². The highest BCUT2D eigenvalue weighted by Crippen LogP contribution is 2.47. The van der Waals surface area contributed by atoms with Crippen molar-refractivity contribution in [2.24, 2.45) is 5.41 Å². The Kier molecular flexibility index (Phi) is 3.91. The lowest BCUT2D eigenvalue weighted by Crippen LogP contribution is -2.75. The number of carbonyl (C=O) groups excluding carboxylic acids is 3. The van der Waals surface area contributed by atoms with Gasteiger partial charge >= 0.3 is 11.7 Å². The topological polar surface area (TPSA) is 123 Å². The van der Waals surface area contributed by atoms with E-state index in [1.807, 2.05) is 30.9 Å². The quantitative estimate of drug-likeness (QED) is 0.647. The van der Waals surface area contributed by atoms with E-state index in [2.05, 4.69) is 10.6 Å². The van der Waals surface area contributed by atoms with Crippen LogP contribution in [0.3, 0.4) is 0 Å². The van der Waals surface area contributed by atoms with E-state index in [0.717, 1.165) is 11.3 Å². The van der Waals surface area contributed by atoms with Crippen molar-refractivity contribution in [2.75, 3.05) is 11.4 Å². The highest BCUT2D eigenvalue weighted by atomic mass is 16.5. The van der Waals surface area contributed by atoms with Gasteiger partial charge in [0.25, 0.3) is 0 Å². The molecule has 30 heavy (non-hydrogen) atoms. The third kappa shape index (κ3) is 2.53. The van der Waals surface area contributed by atoms with Crippen LogP contribution in [0.4, 0.5) is 10.5 Å². The first-order valence-electron chi connectivity index (χ1n) is 9.71. The summed E-state index contributed by atoms with van der Waals surface area (Å²) in [6.07, 6.45) is 1.05. The number of imide groups is 2. The molecular formula is C20H20N4O6. The summed E-state index contributed by atoms with van der Waals surface area (Å²) in [5.74, 6) is -1.28. The van der Waals surface area contributed by atoms with Crippen LogP contribution in [0.2, 0.25) is 0 Å². The number of ether oxygens (including phenoxy) is 1. The summed E-state index contributed by atoms with van der Waals surface area (Å²) in [6, 6.07) is 5.39. The number of nitrogens with zero attached hydrogens (tertiary/aromatic N) is 2. The number of carbonyl (C=O) groups is 3. The highest BCUT2D eigenvalue weighted by molar-refractivity contribution is 6.20. The number of urea groups is 1. The molecule has 2 saturated heterocycles. The fraction of sp³-hybridized carbons (Fsp3) is 0.400. The maximum Gasteiger partial charge on any atom is 0.358 e. The molecule has 3 aliphatic rings. The molecule has 2 fully saturated rings. The lowest BCUT2D eigenvalue weighted by Gasteiger charge is -2.55. The molecule has 10 heteroatoms. The Morgan fingerprint density at radius 3 is 2.47 bits per heavy atom. The van der Waals surface area contributed by atoms with Crippen LogP contribution in [0.1, 0.15) is 19.4 Å². The predicted molar refractivity (Wildman–Crippen MR) is 103 cm³/mol. The van der Waals surface area contributed by atoms with E-state index in [0.29, 0.717) is 12.2 Å². The first-order chi connectivity index (χ1) is 14.3. The molecule has 1 spiro atoms. The molecule has 1 aromatic heterocycles. The molecular weight excluding hydrogens is 392 g/mol. The summed E-state index contributed by atoms with van der Waals surface area (Å²) in [5.41, 5.74) is 0.192. The number of hydrogen-bond acceptors (Lipinski definition) is 7. The number of aromatic nitrogens is 1. The summed E-state index contributed by atoms with van der Waals surface area (Å²) >= 11 is 0. The zero-order valence-electron chi connectivity index (χ0n) is 16.4. The molecule has 2 aromatic rings. The minimum atomic E-state index is -1.53. The molecule has 0 radical (unpaired) electrons. The summed E-state index contributed by atoms with van der Waals surface area (Å²) in [7, 11) is 0. The molecule has 4 heterocycles. The molecule has 156 valence electrons. The number of hydrogen-bond donors (Lipinski definition) is 2. The van der Waals surface area contributed by atoms with Gasteiger partial charge in [0.15, 0.2) is 5.41 Å².